The Kier molecular flexibility index (Phi) is 5.56. The number of nitrogens with one attached hydrogen (secondary N) is 1. The SMILES string of the molecule is N[C@@H](Cc1ccccc1)C(=O)NC1CCCCCC1O. The summed E-state index contributed by atoms with van der Waals surface area (Å²) in [5, 5.41) is 12.9. The molecule has 20 heavy (non-hydrogen) atoms. The first-order valence-corrected chi connectivity index (χ1v) is 7.45. The number of rotatable bonds is 4. The van der Waals surface area contributed by atoms with Gasteiger partial charge in [-0.25, -0.2) is 0 Å². The van der Waals surface area contributed by atoms with Crippen molar-refractivity contribution in [3.8, 4) is 0 Å². The predicted octanol–water partition coefficient (Wildman–Crippen LogP) is 1.37. The molecule has 0 radical (unpaired) electrons. The molecule has 4 heteroatoms. The summed E-state index contributed by atoms with van der Waals surface area (Å²) < 4.78 is 0. The molecule has 1 aromatic rings. The minimum Gasteiger partial charge on any atom is -0.391 e. The van der Waals surface area contributed by atoms with E-state index < -0.39 is 12.1 Å². The molecule has 4 N–H and O–H groups in total. The van der Waals surface area contributed by atoms with E-state index in [-0.39, 0.29) is 11.9 Å². The highest BCUT2D eigenvalue weighted by atomic mass is 16.3. The van der Waals surface area contributed by atoms with Gasteiger partial charge in [0.1, 0.15) is 0 Å². The van der Waals surface area contributed by atoms with Crippen LogP contribution in [0.4, 0.5) is 0 Å². The molecule has 110 valence electrons. The molecule has 0 heterocycles. The number of aliphatic hydroxyl groups is 1. The van der Waals surface area contributed by atoms with Gasteiger partial charge in [0.25, 0.3) is 0 Å². The van der Waals surface area contributed by atoms with Gasteiger partial charge < -0.3 is 16.2 Å². The lowest BCUT2D eigenvalue weighted by Gasteiger charge is -2.23. The molecule has 0 aromatic heterocycles. The van der Waals surface area contributed by atoms with E-state index in [0.29, 0.717) is 6.42 Å². The Bertz CT molecular complexity index is 422. The lowest BCUT2D eigenvalue weighted by atomic mass is 10.0. The highest BCUT2D eigenvalue weighted by molar-refractivity contribution is 5.82. The summed E-state index contributed by atoms with van der Waals surface area (Å²) in [6, 6.07) is 9.04. The largest absolute Gasteiger partial charge is 0.391 e. The van der Waals surface area contributed by atoms with Crippen LogP contribution >= 0.6 is 0 Å². The number of hydrogen-bond acceptors (Lipinski definition) is 3. The predicted molar refractivity (Wildman–Crippen MR) is 79.1 cm³/mol. The van der Waals surface area contributed by atoms with E-state index in [2.05, 4.69) is 5.32 Å². The number of hydrogen-bond donors (Lipinski definition) is 3. The van der Waals surface area contributed by atoms with Crippen LogP contribution in [0.1, 0.15) is 37.7 Å². The van der Waals surface area contributed by atoms with Crippen molar-refractivity contribution in [2.24, 2.45) is 5.73 Å². The monoisotopic (exact) mass is 276 g/mol. The van der Waals surface area contributed by atoms with E-state index in [1.54, 1.807) is 0 Å². The molecular formula is C16H24N2O2. The molecule has 1 aliphatic carbocycles. The first kappa shape index (κ1) is 15.0. The van der Waals surface area contributed by atoms with E-state index in [9.17, 15) is 9.90 Å². The van der Waals surface area contributed by atoms with E-state index in [4.69, 9.17) is 5.73 Å². The normalized spacial score (nSPS) is 24.7. The fourth-order valence-electron chi connectivity index (χ4n) is 2.71. The van der Waals surface area contributed by atoms with Gasteiger partial charge in [0.2, 0.25) is 5.91 Å². The molecule has 2 unspecified atom stereocenters. The van der Waals surface area contributed by atoms with E-state index in [0.717, 1.165) is 37.7 Å². The average molecular weight is 276 g/mol. The third kappa shape index (κ3) is 4.32. The lowest BCUT2D eigenvalue weighted by molar-refractivity contribution is -0.124. The van der Waals surface area contributed by atoms with E-state index in [1.165, 1.54) is 0 Å². The lowest BCUT2D eigenvalue weighted by Crippen LogP contribution is -2.50. The summed E-state index contributed by atoms with van der Waals surface area (Å²) in [5.74, 6) is -0.167. The smallest absolute Gasteiger partial charge is 0.237 e. The third-order valence-electron chi connectivity index (χ3n) is 3.94. The Morgan fingerprint density at radius 1 is 1.25 bits per heavy atom. The van der Waals surface area contributed by atoms with Crippen molar-refractivity contribution in [2.45, 2.75) is 56.7 Å². The highest BCUT2D eigenvalue weighted by Gasteiger charge is 2.25. The maximum absolute atomic E-state index is 12.1. The summed E-state index contributed by atoms with van der Waals surface area (Å²) in [5.41, 5.74) is 7.01. The topological polar surface area (TPSA) is 75.4 Å². The maximum Gasteiger partial charge on any atom is 0.237 e. The standard InChI is InChI=1S/C16H24N2O2/c17-13(11-12-7-3-1-4-8-12)16(20)18-14-9-5-2-6-10-15(14)19/h1,3-4,7-8,13-15,19H,2,5-6,9-11,17H2,(H,18,20)/t13-,14?,15?/m0/s1. The van der Waals surface area contributed by atoms with Crippen LogP contribution in [0.2, 0.25) is 0 Å². The molecule has 0 saturated heterocycles. The molecule has 3 atom stereocenters. The van der Waals surface area contributed by atoms with Gasteiger partial charge in [-0.15, -0.1) is 0 Å². The molecular weight excluding hydrogens is 252 g/mol. The van der Waals surface area contributed by atoms with Crippen molar-refractivity contribution in [3.63, 3.8) is 0 Å². The summed E-state index contributed by atoms with van der Waals surface area (Å²) in [7, 11) is 0. The molecule has 1 amide bonds. The minimum absolute atomic E-state index is 0.146. The molecule has 1 saturated carbocycles. The number of benzene rings is 1. The van der Waals surface area contributed by atoms with Gasteiger partial charge in [-0.3, -0.25) is 4.79 Å². The van der Waals surface area contributed by atoms with Crippen LogP contribution in [0.5, 0.6) is 0 Å². The van der Waals surface area contributed by atoms with Gasteiger partial charge in [-0.2, -0.15) is 0 Å². The van der Waals surface area contributed by atoms with E-state index in [1.807, 2.05) is 30.3 Å². The van der Waals surface area contributed by atoms with Crippen molar-refractivity contribution in [3.05, 3.63) is 35.9 Å². The van der Waals surface area contributed by atoms with Crippen molar-refractivity contribution >= 4 is 5.91 Å². The summed E-state index contributed by atoms with van der Waals surface area (Å²) in [4.78, 5) is 12.1. The second-order valence-electron chi connectivity index (χ2n) is 5.62. The Labute approximate surface area is 120 Å². The Morgan fingerprint density at radius 2 is 1.95 bits per heavy atom. The van der Waals surface area contributed by atoms with Crippen molar-refractivity contribution < 1.29 is 9.90 Å². The van der Waals surface area contributed by atoms with Crippen LogP contribution in [0.15, 0.2) is 30.3 Å². The molecule has 0 spiro atoms. The Hall–Kier alpha value is -1.39. The Balaban J connectivity index is 1.87. The van der Waals surface area contributed by atoms with Crippen LogP contribution in [-0.4, -0.2) is 29.2 Å². The Morgan fingerprint density at radius 3 is 2.70 bits per heavy atom. The highest BCUT2D eigenvalue weighted by Crippen LogP contribution is 2.18. The molecule has 1 aromatic carbocycles. The van der Waals surface area contributed by atoms with Gasteiger partial charge in [-0.05, 0) is 24.8 Å². The fourth-order valence-corrected chi connectivity index (χ4v) is 2.71. The molecule has 1 fully saturated rings. The van der Waals surface area contributed by atoms with Crippen molar-refractivity contribution in [1.29, 1.82) is 0 Å². The summed E-state index contributed by atoms with van der Waals surface area (Å²) >= 11 is 0. The first-order valence-electron chi connectivity index (χ1n) is 7.45. The zero-order valence-corrected chi connectivity index (χ0v) is 11.8. The number of aliphatic hydroxyl groups excluding tert-OH is 1. The number of nitrogens with two attached hydrogens (primary N) is 1. The van der Waals surface area contributed by atoms with Gasteiger partial charge in [-0.1, -0.05) is 49.6 Å². The quantitative estimate of drug-likeness (QED) is 0.727. The zero-order valence-electron chi connectivity index (χ0n) is 11.8. The number of carbonyl (C=O) groups excluding carboxylic acids is 1. The van der Waals surface area contributed by atoms with Crippen LogP contribution in [-0.2, 0) is 11.2 Å². The fraction of sp³-hybridized carbons (Fsp3) is 0.562. The van der Waals surface area contributed by atoms with E-state index >= 15 is 0 Å². The van der Waals surface area contributed by atoms with Gasteiger partial charge in [0, 0.05) is 0 Å². The summed E-state index contributed by atoms with van der Waals surface area (Å²) in [6.45, 7) is 0. The van der Waals surface area contributed by atoms with Crippen molar-refractivity contribution in [1.82, 2.24) is 5.32 Å². The average Bonchev–Trinajstić information content (AvgIpc) is 2.65. The second-order valence-corrected chi connectivity index (χ2v) is 5.62. The molecule has 2 rings (SSSR count). The summed E-state index contributed by atoms with van der Waals surface area (Å²) in [6.07, 6.45) is 4.89. The number of carbonyl (C=O) groups is 1. The van der Waals surface area contributed by atoms with Crippen LogP contribution in [0.25, 0.3) is 0 Å². The molecule has 1 aliphatic rings. The molecule has 0 bridgehead atoms. The second kappa shape index (κ2) is 7.41. The number of amides is 1. The first-order chi connectivity index (χ1) is 9.66. The van der Waals surface area contributed by atoms with Crippen LogP contribution < -0.4 is 11.1 Å². The van der Waals surface area contributed by atoms with Crippen molar-refractivity contribution in [2.75, 3.05) is 0 Å². The zero-order chi connectivity index (χ0) is 14.4. The molecule has 0 aliphatic heterocycles. The van der Waals surface area contributed by atoms with Crippen LogP contribution in [0.3, 0.4) is 0 Å². The third-order valence-corrected chi connectivity index (χ3v) is 3.94. The van der Waals surface area contributed by atoms with Crippen LogP contribution in [0, 0.1) is 0 Å². The van der Waals surface area contributed by atoms with Gasteiger partial charge >= 0.3 is 0 Å². The minimum atomic E-state index is -0.562. The molecule has 4 nitrogen and oxygen atoms in total. The van der Waals surface area contributed by atoms with Gasteiger partial charge in [0.15, 0.2) is 0 Å². The maximum atomic E-state index is 12.1. The van der Waals surface area contributed by atoms with Gasteiger partial charge in [0.05, 0.1) is 18.2 Å².